The number of carboxylic acids is 1. The van der Waals surface area contributed by atoms with Crippen LogP contribution in [0.5, 0.6) is 11.5 Å². The number of halogens is 4. The number of carbonyl (C=O) groups excluding carboxylic acids is 1. The lowest BCUT2D eigenvalue weighted by Crippen LogP contribution is -2.39. The van der Waals surface area contributed by atoms with E-state index in [1.807, 2.05) is 6.92 Å². The summed E-state index contributed by atoms with van der Waals surface area (Å²) in [5.41, 5.74) is -1.04. The van der Waals surface area contributed by atoms with Gasteiger partial charge in [-0.2, -0.15) is 0 Å². The van der Waals surface area contributed by atoms with Crippen LogP contribution in [0.2, 0.25) is 0 Å². The highest BCUT2D eigenvalue weighted by Crippen LogP contribution is 2.43. The van der Waals surface area contributed by atoms with Crippen LogP contribution in [-0.2, 0) is 10.2 Å². The fraction of sp³-hybridized carbons (Fsp3) is 0.333. The Hall–Kier alpha value is -3.56. The summed E-state index contributed by atoms with van der Waals surface area (Å²) in [5, 5.41) is 20.3. The number of phenolic OH excluding ortho intramolecular Hbond substituents is 1. The van der Waals surface area contributed by atoms with Crippen molar-refractivity contribution in [3.05, 3.63) is 59.0 Å². The summed E-state index contributed by atoms with van der Waals surface area (Å²) in [7, 11) is 0. The highest BCUT2D eigenvalue weighted by Gasteiger charge is 2.44. The molecule has 2 atom stereocenters. The van der Waals surface area contributed by atoms with Crippen molar-refractivity contribution in [2.75, 3.05) is 0 Å². The lowest BCUT2D eigenvalue weighted by Gasteiger charge is -2.32. The molecule has 0 aliphatic rings. The van der Waals surface area contributed by atoms with E-state index < -0.39 is 46.9 Å². The number of nitrogens with zero attached hydrogens (tertiary/aromatic N) is 1. The Morgan fingerprint density at radius 2 is 1.74 bits per heavy atom. The number of carbonyl (C=O) groups is 2. The second-order valence-electron chi connectivity index (χ2n) is 8.31. The van der Waals surface area contributed by atoms with E-state index in [1.54, 1.807) is 6.92 Å². The maximum absolute atomic E-state index is 14.3. The van der Waals surface area contributed by atoms with Gasteiger partial charge in [-0.1, -0.05) is 20.3 Å². The van der Waals surface area contributed by atoms with Crippen molar-refractivity contribution in [2.24, 2.45) is 5.92 Å². The predicted molar refractivity (Wildman–Crippen MR) is 116 cm³/mol. The highest BCUT2D eigenvalue weighted by atomic mass is 19.4. The lowest BCUT2D eigenvalue weighted by atomic mass is 9.70. The second-order valence-corrected chi connectivity index (χ2v) is 8.31. The number of aromatic nitrogens is 1. The third-order valence-corrected chi connectivity index (χ3v) is 6.37. The quantitative estimate of drug-likeness (QED) is 0.437. The van der Waals surface area contributed by atoms with E-state index in [2.05, 4.69) is 4.74 Å². The Balaban J connectivity index is 2.26. The molecule has 2 aromatic carbocycles. The molecule has 0 saturated carbocycles. The van der Waals surface area contributed by atoms with Crippen molar-refractivity contribution in [1.29, 1.82) is 0 Å². The van der Waals surface area contributed by atoms with E-state index in [0.717, 1.165) is 41.0 Å². The van der Waals surface area contributed by atoms with Crippen molar-refractivity contribution >= 4 is 22.8 Å². The minimum Gasteiger partial charge on any atom is -0.505 e. The maximum Gasteiger partial charge on any atom is 0.573 e. The molecular formula is C24H23F4NO5. The molecule has 0 spiro atoms. The molecule has 0 saturated heterocycles. The molecule has 6 nitrogen and oxygen atoms in total. The molecule has 0 radical (unpaired) electrons. The third-order valence-electron chi connectivity index (χ3n) is 6.37. The van der Waals surface area contributed by atoms with E-state index in [4.69, 9.17) is 0 Å². The first-order valence-electron chi connectivity index (χ1n) is 10.4. The molecule has 1 unspecified atom stereocenters. The van der Waals surface area contributed by atoms with Crippen LogP contribution in [0.4, 0.5) is 17.6 Å². The summed E-state index contributed by atoms with van der Waals surface area (Å²) in [6, 6.07) is 6.19. The molecule has 0 aliphatic carbocycles. The number of carboxylic acid groups (broad SMARTS) is 1. The SMILES string of the molecule is CCC(C)[C@@](C)(C(=O)O)c1c(C)n(C(=O)c2ccc(OC(F)(F)F)cc2)c2cc(F)c(O)cc12. The number of benzene rings is 2. The van der Waals surface area contributed by atoms with Crippen molar-refractivity contribution in [1.82, 2.24) is 4.57 Å². The summed E-state index contributed by atoms with van der Waals surface area (Å²) in [6.07, 6.45) is -4.42. The molecule has 1 heterocycles. The largest absolute Gasteiger partial charge is 0.573 e. The summed E-state index contributed by atoms with van der Waals surface area (Å²) in [6.45, 7) is 6.56. The van der Waals surface area contributed by atoms with Gasteiger partial charge in [-0.15, -0.1) is 13.2 Å². The monoisotopic (exact) mass is 481 g/mol. The van der Waals surface area contributed by atoms with Crippen LogP contribution in [-0.4, -0.2) is 33.0 Å². The van der Waals surface area contributed by atoms with Crippen LogP contribution >= 0.6 is 0 Å². The van der Waals surface area contributed by atoms with E-state index in [1.165, 1.54) is 13.8 Å². The second kappa shape index (κ2) is 8.66. The van der Waals surface area contributed by atoms with Crippen molar-refractivity contribution < 1.29 is 42.1 Å². The standard InChI is InChI=1S/C24H23F4NO5/c1-5-12(2)23(4,22(32)33)20-13(3)29(18-11-17(25)19(30)10-16(18)20)21(31)14-6-8-15(9-7-14)34-24(26,27)28/h6-12,30H,5H2,1-4H3,(H,32,33)/t12?,23-/m1/s1. The Labute approximate surface area is 192 Å². The minimum absolute atomic E-state index is 0.0270. The lowest BCUT2D eigenvalue weighted by molar-refractivity contribution is -0.274. The molecular weight excluding hydrogens is 458 g/mol. The normalized spacial score (nSPS) is 14.6. The van der Waals surface area contributed by atoms with Crippen LogP contribution in [0.25, 0.3) is 10.9 Å². The van der Waals surface area contributed by atoms with Gasteiger partial charge in [-0.3, -0.25) is 14.2 Å². The number of hydrogen-bond acceptors (Lipinski definition) is 4. The summed E-state index contributed by atoms with van der Waals surface area (Å²) < 4.78 is 56.6. The number of ether oxygens (including phenoxy) is 1. The van der Waals surface area contributed by atoms with Gasteiger partial charge in [0, 0.05) is 22.7 Å². The smallest absolute Gasteiger partial charge is 0.505 e. The Kier molecular flexibility index (Phi) is 6.38. The van der Waals surface area contributed by atoms with E-state index in [-0.39, 0.29) is 27.7 Å². The van der Waals surface area contributed by atoms with Crippen LogP contribution in [0.15, 0.2) is 36.4 Å². The average molecular weight is 481 g/mol. The zero-order valence-electron chi connectivity index (χ0n) is 18.8. The zero-order valence-corrected chi connectivity index (χ0v) is 18.8. The van der Waals surface area contributed by atoms with E-state index >= 15 is 0 Å². The molecule has 3 aromatic rings. The number of rotatable bonds is 6. The summed E-state index contributed by atoms with van der Waals surface area (Å²) in [5.74, 6) is -4.51. The van der Waals surface area contributed by atoms with Gasteiger partial charge in [0.25, 0.3) is 5.91 Å². The topological polar surface area (TPSA) is 88.8 Å². The number of phenols is 1. The number of alkyl halides is 3. The molecule has 34 heavy (non-hydrogen) atoms. The first-order valence-corrected chi connectivity index (χ1v) is 10.4. The summed E-state index contributed by atoms with van der Waals surface area (Å²) >= 11 is 0. The first kappa shape index (κ1) is 25.1. The van der Waals surface area contributed by atoms with E-state index in [9.17, 15) is 37.4 Å². The molecule has 0 fully saturated rings. The Bertz CT molecular complexity index is 1260. The number of fused-ring (bicyclic) bond motifs is 1. The fourth-order valence-electron chi connectivity index (χ4n) is 4.24. The van der Waals surface area contributed by atoms with Crippen LogP contribution in [0.1, 0.15) is 48.8 Å². The van der Waals surface area contributed by atoms with Crippen LogP contribution in [0, 0.1) is 18.7 Å². The van der Waals surface area contributed by atoms with Gasteiger partial charge in [0.15, 0.2) is 11.6 Å². The molecule has 10 heteroatoms. The fourth-order valence-corrected chi connectivity index (χ4v) is 4.24. The first-order chi connectivity index (χ1) is 15.7. The van der Waals surface area contributed by atoms with Gasteiger partial charge < -0.3 is 14.9 Å². The molecule has 182 valence electrons. The third kappa shape index (κ3) is 4.20. The summed E-state index contributed by atoms with van der Waals surface area (Å²) in [4.78, 5) is 25.8. The molecule has 0 amide bonds. The van der Waals surface area contributed by atoms with E-state index in [0.29, 0.717) is 6.42 Å². The number of aromatic hydroxyl groups is 1. The molecule has 0 aliphatic heterocycles. The van der Waals surface area contributed by atoms with Crippen molar-refractivity contribution in [2.45, 2.75) is 45.9 Å². The highest BCUT2D eigenvalue weighted by molar-refractivity contribution is 6.06. The van der Waals surface area contributed by atoms with Crippen molar-refractivity contribution in [3.63, 3.8) is 0 Å². The Morgan fingerprint density at radius 3 is 2.24 bits per heavy atom. The molecule has 0 bridgehead atoms. The Morgan fingerprint density at radius 1 is 1.15 bits per heavy atom. The van der Waals surface area contributed by atoms with Gasteiger partial charge >= 0.3 is 12.3 Å². The number of aliphatic carboxylic acids is 1. The van der Waals surface area contributed by atoms with Crippen molar-refractivity contribution in [3.8, 4) is 11.5 Å². The average Bonchev–Trinajstić information content (AvgIpc) is 3.02. The molecule has 3 rings (SSSR count). The zero-order chi connectivity index (χ0) is 25.6. The maximum atomic E-state index is 14.3. The number of hydrogen-bond donors (Lipinski definition) is 2. The van der Waals surface area contributed by atoms with Crippen LogP contribution in [0.3, 0.4) is 0 Å². The van der Waals surface area contributed by atoms with Gasteiger partial charge in [-0.05, 0) is 55.7 Å². The predicted octanol–water partition coefficient (Wildman–Crippen LogP) is 5.77. The van der Waals surface area contributed by atoms with Gasteiger partial charge in [-0.25, -0.2) is 4.39 Å². The molecule has 2 N–H and O–H groups in total. The van der Waals surface area contributed by atoms with Crippen LogP contribution < -0.4 is 4.74 Å². The minimum atomic E-state index is -4.90. The molecule has 1 aromatic heterocycles. The van der Waals surface area contributed by atoms with Gasteiger partial charge in [0.05, 0.1) is 10.9 Å². The van der Waals surface area contributed by atoms with Gasteiger partial charge in [0.2, 0.25) is 0 Å². The van der Waals surface area contributed by atoms with Gasteiger partial charge in [0.1, 0.15) is 5.75 Å².